The maximum absolute atomic E-state index is 14.5. The van der Waals surface area contributed by atoms with Gasteiger partial charge in [-0.15, -0.1) is 5.10 Å². The first-order chi connectivity index (χ1) is 16.8. The Bertz CT molecular complexity index is 1410. The maximum atomic E-state index is 14.5. The summed E-state index contributed by atoms with van der Waals surface area (Å²) in [5.74, 6) is 0.545. The molecule has 3 aromatic heterocycles. The molecule has 1 saturated heterocycles. The molecule has 1 aliphatic carbocycles. The van der Waals surface area contributed by atoms with Crippen LogP contribution in [0.25, 0.3) is 16.6 Å². The number of ether oxygens (including phenoxy) is 1. The maximum Gasteiger partial charge on any atom is 0.223 e. The Morgan fingerprint density at radius 1 is 1.26 bits per heavy atom. The van der Waals surface area contributed by atoms with Crippen molar-refractivity contribution >= 4 is 28.2 Å². The summed E-state index contributed by atoms with van der Waals surface area (Å²) in [7, 11) is 1.41. The molecule has 0 spiro atoms. The van der Waals surface area contributed by atoms with E-state index in [1.807, 2.05) is 17.1 Å². The minimum absolute atomic E-state index is 0.0720. The minimum atomic E-state index is -0.625. The molecule has 1 aliphatic heterocycles. The van der Waals surface area contributed by atoms with Crippen LogP contribution in [0.4, 0.5) is 16.0 Å². The zero-order valence-electron chi connectivity index (χ0n) is 19.9. The summed E-state index contributed by atoms with van der Waals surface area (Å²) < 4.78 is 22.9. The Morgan fingerprint density at radius 3 is 2.83 bits per heavy atom. The highest BCUT2D eigenvalue weighted by Gasteiger charge is 2.35. The fourth-order valence-corrected chi connectivity index (χ4v) is 5.29. The number of aliphatic hydroxyl groups is 1. The molecule has 4 aromatic rings. The third kappa shape index (κ3) is 3.74. The van der Waals surface area contributed by atoms with E-state index in [9.17, 15) is 9.50 Å². The van der Waals surface area contributed by atoms with Crippen LogP contribution >= 0.6 is 0 Å². The zero-order valence-corrected chi connectivity index (χ0v) is 19.9. The van der Waals surface area contributed by atoms with Gasteiger partial charge in [0, 0.05) is 36.2 Å². The standard InChI is InChI=1S/C24H29FN8O2/c1-14-4-5-15(11-32(14)16-10-27-31(12-16)13-24(34)6-3-7-24)21-29-22-17-8-18(25)20(35-2)9-19(17)28-23(26)33(22)30-21/h8-10,12,14-15,34H,3-7,11,13H2,1-2H3,(H2,26,28)/t14-,15+/m1/s1. The number of nitrogens with zero attached hydrogens (tertiary/aromatic N) is 7. The zero-order chi connectivity index (χ0) is 24.3. The molecular weight excluding hydrogens is 451 g/mol. The highest BCUT2D eigenvalue weighted by Crippen LogP contribution is 2.35. The lowest BCUT2D eigenvalue weighted by molar-refractivity contribution is -0.0498. The van der Waals surface area contributed by atoms with Gasteiger partial charge < -0.3 is 20.5 Å². The first-order valence-electron chi connectivity index (χ1n) is 12.0. The summed E-state index contributed by atoms with van der Waals surface area (Å²) in [5.41, 5.74) is 7.56. The highest BCUT2D eigenvalue weighted by atomic mass is 19.1. The summed E-state index contributed by atoms with van der Waals surface area (Å²) >= 11 is 0. The lowest BCUT2D eigenvalue weighted by atomic mass is 9.80. The molecule has 11 heteroatoms. The van der Waals surface area contributed by atoms with Crippen LogP contribution in [0.15, 0.2) is 24.5 Å². The molecule has 10 nitrogen and oxygen atoms in total. The van der Waals surface area contributed by atoms with E-state index < -0.39 is 11.4 Å². The Labute approximate surface area is 201 Å². The summed E-state index contributed by atoms with van der Waals surface area (Å²) in [4.78, 5) is 11.5. The van der Waals surface area contributed by atoms with Gasteiger partial charge in [-0.05, 0) is 45.1 Å². The van der Waals surface area contributed by atoms with E-state index in [2.05, 4.69) is 27.0 Å². The summed E-state index contributed by atoms with van der Waals surface area (Å²) in [6, 6.07) is 3.23. The second-order valence-corrected chi connectivity index (χ2v) is 9.93. The molecule has 0 bridgehead atoms. The van der Waals surface area contributed by atoms with E-state index in [1.165, 1.54) is 23.8 Å². The van der Waals surface area contributed by atoms with Crippen LogP contribution in [-0.2, 0) is 6.54 Å². The van der Waals surface area contributed by atoms with Crippen molar-refractivity contribution in [1.29, 1.82) is 0 Å². The molecule has 3 N–H and O–H groups in total. The molecule has 0 radical (unpaired) electrons. The first kappa shape index (κ1) is 22.0. The third-order valence-electron chi connectivity index (χ3n) is 7.53. The van der Waals surface area contributed by atoms with Crippen LogP contribution < -0.4 is 15.4 Å². The molecule has 6 rings (SSSR count). The molecule has 184 valence electrons. The number of fused-ring (bicyclic) bond motifs is 3. The minimum Gasteiger partial charge on any atom is -0.494 e. The number of hydrogen-bond donors (Lipinski definition) is 2. The van der Waals surface area contributed by atoms with E-state index >= 15 is 0 Å². The van der Waals surface area contributed by atoms with Gasteiger partial charge in [0.05, 0.1) is 36.7 Å². The summed E-state index contributed by atoms with van der Waals surface area (Å²) in [6.07, 6.45) is 8.49. The largest absolute Gasteiger partial charge is 0.494 e. The average Bonchev–Trinajstić information content (AvgIpc) is 3.47. The normalized spacial score (nSPS) is 22.0. The number of halogens is 1. The van der Waals surface area contributed by atoms with Gasteiger partial charge in [-0.25, -0.2) is 14.4 Å². The highest BCUT2D eigenvalue weighted by molar-refractivity contribution is 5.93. The SMILES string of the molecule is COc1cc2nc(N)n3nc([C@H]4CC[C@@H](C)N(c5cnn(CC6(O)CCC6)c5)C4)nc3c2cc1F. The van der Waals surface area contributed by atoms with Crippen molar-refractivity contribution in [3.8, 4) is 5.75 Å². The van der Waals surface area contributed by atoms with Gasteiger partial charge in [0.15, 0.2) is 23.0 Å². The van der Waals surface area contributed by atoms with Gasteiger partial charge in [0.1, 0.15) is 0 Å². The van der Waals surface area contributed by atoms with E-state index in [-0.39, 0.29) is 17.6 Å². The second-order valence-electron chi connectivity index (χ2n) is 9.93. The molecule has 1 saturated carbocycles. The quantitative estimate of drug-likeness (QED) is 0.448. The van der Waals surface area contributed by atoms with Crippen molar-refractivity contribution in [3.05, 3.63) is 36.2 Å². The van der Waals surface area contributed by atoms with Crippen molar-refractivity contribution in [1.82, 2.24) is 29.4 Å². The van der Waals surface area contributed by atoms with Crippen molar-refractivity contribution in [3.63, 3.8) is 0 Å². The van der Waals surface area contributed by atoms with Gasteiger partial charge in [-0.2, -0.15) is 9.61 Å². The predicted molar refractivity (Wildman–Crippen MR) is 129 cm³/mol. The van der Waals surface area contributed by atoms with E-state index in [0.29, 0.717) is 35.0 Å². The number of aromatic nitrogens is 6. The van der Waals surface area contributed by atoms with Gasteiger partial charge in [-0.1, -0.05) is 0 Å². The lowest BCUT2D eigenvalue weighted by Gasteiger charge is -2.38. The van der Waals surface area contributed by atoms with E-state index in [0.717, 1.165) is 44.3 Å². The lowest BCUT2D eigenvalue weighted by Crippen LogP contribution is -2.42. The number of hydrogen-bond acceptors (Lipinski definition) is 8. The average molecular weight is 481 g/mol. The van der Waals surface area contributed by atoms with Gasteiger partial charge in [0.2, 0.25) is 5.95 Å². The Kier molecular flexibility index (Phi) is 5.06. The molecular formula is C24H29FN8O2. The number of rotatable bonds is 5. The van der Waals surface area contributed by atoms with Gasteiger partial charge in [-0.3, -0.25) is 4.68 Å². The molecule has 1 aromatic carbocycles. The molecule has 0 unspecified atom stereocenters. The van der Waals surface area contributed by atoms with Crippen molar-refractivity contribution in [2.75, 3.05) is 24.3 Å². The number of benzene rings is 1. The fourth-order valence-electron chi connectivity index (χ4n) is 5.29. The molecule has 0 amide bonds. The molecule has 2 atom stereocenters. The van der Waals surface area contributed by atoms with Gasteiger partial charge >= 0.3 is 0 Å². The van der Waals surface area contributed by atoms with Crippen molar-refractivity contribution < 1.29 is 14.2 Å². The van der Waals surface area contributed by atoms with Crippen LogP contribution in [-0.4, -0.2) is 59.8 Å². The molecule has 2 aliphatic rings. The van der Waals surface area contributed by atoms with Crippen LogP contribution in [0.1, 0.15) is 50.8 Å². The Balaban J connectivity index is 1.30. The van der Waals surface area contributed by atoms with E-state index in [1.54, 1.807) is 0 Å². The van der Waals surface area contributed by atoms with Crippen LogP contribution in [0.5, 0.6) is 5.75 Å². The summed E-state index contributed by atoms with van der Waals surface area (Å²) in [6.45, 7) is 3.45. The van der Waals surface area contributed by atoms with Crippen LogP contribution in [0.2, 0.25) is 0 Å². The van der Waals surface area contributed by atoms with Crippen LogP contribution in [0, 0.1) is 5.82 Å². The number of nitrogens with two attached hydrogens (primary N) is 1. The topological polar surface area (TPSA) is 120 Å². The second kappa shape index (κ2) is 8.04. The number of nitrogen functional groups attached to an aromatic ring is 1. The predicted octanol–water partition coefficient (Wildman–Crippen LogP) is 2.89. The van der Waals surface area contributed by atoms with E-state index in [4.69, 9.17) is 15.5 Å². The Hall–Kier alpha value is -3.47. The monoisotopic (exact) mass is 480 g/mol. The molecule has 2 fully saturated rings. The van der Waals surface area contributed by atoms with Crippen LogP contribution in [0.3, 0.4) is 0 Å². The Morgan fingerprint density at radius 2 is 2.09 bits per heavy atom. The van der Waals surface area contributed by atoms with Gasteiger partial charge in [0.25, 0.3) is 0 Å². The first-order valence-corrected chi connectivity index (χ1v) is 12.0. The third-order valence-corrected chi connectivity index (χ3v) is 7.53. The summed E-state index contributed by atoms with van der Waals surface area (Å²) in [5, 5.41) is 20.2. The smallest absolute Gasteiger partial charge is 0.223 e. The number of methoxy groups -OCH3 is 1. The number of anilines is 2. The van der Waals surface area contributed by atoms with Crippen molar-refractivity contribution in [2.45, 2.75) is 63.1 Å². The van der Waals surface area contributed by atoms with Crippen molar-refractivity contribution in [2.24, 2.45) is 0 Å². The fraction of sp³-hybridized carbons (Fsp3) is 0.500. The number of piperidine rings is 1. The molecule has 4 heterocycles. The molecule has 35 heavy (non-hydrogen) atoms.